The van der Waals surface area contributed by atoms with Gasteiger partial charge in [-0.1, -0.05) is 11.6 Å². The van der Waals surface area contributed by atoms with Crippen molar-refractivity contribution in [2.45, 2.75) is 13.5 Å². The number of aromatic amines is 1. The van der Waals surface area contributed by atoms with Gasteiger partial charge in [-0.2, -0.15) is 0 Å². The van der Waals surface area contributed by atoms with E-state index in [0.717, 1.165) is 16.9 Å². The molecule has 3 aromatic heterocycles. The van der Waals surface area contributed by atoms with E-state index in [1.807, 2.05) is 11.5 Å². The van der Waals surface area contributed by atoms with Gasteiger partial charge in [0.05, 0.1) is 16.7 Å². The fraction of sp³-hybridized carbons (Fsp3) is 0.182. The van der Waals surface area contributed by atoms with Crippen molar-refractivity contribution in [1.29, 1.82) is 0 Å². The normalized spacial score (nSPS) is 11.2. The van der Waals surface area contributed by atoms with Crippen molar-refractivity contribution in [3.8, 4) is 0 Å². The first-order valence-electron chi connectivity index (χ1n) is 5.29. The third-order valence-electron chi connectivity index (χ3n) is 2.54. The van der Waals surface area contributed by atoms with E-state index in [-0.39, 0.29) is 0 Å². The van der Waals surface area contributed by atoms with E-state index < -0.39 is 0 Å². The van der Waals surface area contributed by atoms with Gasteiger partial charge in [0, 0.05) is 6.20 Å². The molecule has 0 aliphatic heterocycles. The smallest absolute Gasteiger partial charge is 0.214 e. The fourth-order valence-corrected chi connectivity index (χ4v) is 2.19. The molecule has 0 aliphatic rings. The molecule has 3 heterocycles. The maximum atomic E-state index is 5.89. The van der Waals surface area contributed by atoms with Gasteiger partial charge in [0.25, 0.3) is 0 Å². The molecule has 0 spiro atoms. The third kappa shape index (κ3) is 1.93. The molecule has 1 N–H and O–H groups in total. The molecule has 0 fully saturated rings. The Morgan fingerprint density at radius 2 is 2.28 bits per heavy atom. The van der Waals surface area contributed by atoms with Crippen LogP contribution >= 0.6 is 23.8 Å². The average Bonchev–Trinajstić information content (AvgIpc) is 2.84. The van der Waals surface area contributed by atoms with Crippen molar-refractivity contribution in [2.75, 3.05) is 0 Å². The van der Waals surface area contributed by atoms with Crippen molar-refractivity contribution in [3.05, 3.63) is 39.9 Å². The summed E-state index contributed by atoms with van der Waals surface area (Å²) in [5, 5.41) is 0.567. The second kappa shape index (κ2) is 4.22. The van der Waals surface area contributed by atoms with Gasteiger partial charge >= 0.3 is 0 Å². The molecule has 0 radical (unpaired) electrons. The zero-order valence-electron chi connectivity index (χ0n) is 9.48. The molecule has 0 bridgehead atoms. The molecule has 0 unspecified atom stereocenters. The number of fused-ring (bicyclic) bond motifs is 1. The van der Waals surface area contributed by atoms with Crippen LogP contribution in [0.5, 0.6) is 0 Å². The third-order valence-corrected chi connectivity index (χ3v) is 3.07. The number of nitrogens with one attached hydrogen (secondary N) is 1. The molecule has 7 heteroatoms. The summed E-state index contributed by atoms with van der Waals surface area (Å²) in [6.07, 6.45) is 3.27. The summed E-state index contributed by atoms with van der Waals surface area (Å²) in [5.74, 6) is 1.37. The van der Waals surface area contributed by atoms with Gasteiger partial charge in [-0.3, -0.25) is 4.57 Å². The van der Waals surface area contributed by atoms with Crippen LogP contribution in [0.25, 0.3) is 11.2 Å². The van der Waals surface area contributed by atoms with E-state index in [1.54, 1.807) is 18.5 Å². The van der Waals surface area contributed by atoms with Crippen molar-refractivity contribution in [2.24, 2.45) is 0 Å². The Morgan fingerprint density at radius 1 is 1.44 bits per heavy atom. The summed E-state index contributed by atoms with van der Waals surface area (Å²) in [4.78, 5) is 11.5. The summed E-state index contributed by atoms with van der Waals surface area (Å²) < 4.78 is 7.83. The van der Waals surface area contributed by atoms with Crippen molar-refractivity contribution in [1.82, 2.24) is 19.5 Å². The highest BCUT2D eigenvalue weighted by Crippen LogP contribution is 2.17. The van der Waals surface area contributed by atoms with E-state index in [0.29, 0.717) is 22.2 Å². The quantitative estimate of drug-likeness (QED) is 0.733. The molecule has 5 nitrogen and oxygen atoms in total. The Labute approximate surface area is 112 Å². The van der Waals surface area contributed by atoms with Crippen LogP contribution < -0.4 is 0 Å². The van der Waals surface area contributed by atoms with Crippen LogP contribution in [0.3, 0.4) is 0 Å². The number of oxazole rings is 1. The Kier molecular flexibility index (Phi) is 2.68. The Hall–Kier alpha value is -1.66. The summed E-state index contributed by atoms with van der Waals surface area (Å²) in [6.45, 7) is 2.30. The SMILES string of the molecule is Cc1cnc(Cn2c(=S)[nH]c3cc(Cl)cnc32)o1. The number of rotatable bonds is 2. The zero-order chi connectivity index (χ0) is 12.7. The first kappa shape index (κ1) is 11.4. The van der Waals surface area contributed by atoms with Crippen LogP contribution in [0.4, 0.5) is 0 Å². The van der Waals surface area contributed by atoms with Crippen LogP contribution in [-0.4, -0.2) is 19.5 Å². The molecule has 18 heavy (non-hydrogen) atoms. The largest absolute Gasteiger partial charge is 0.444 e. The predicted molar refractivity (Wildman–Crippen MR) is 70.3 cm³/mol. The highest BCUT2D eigenvalue weighted by molar-refractivity contribution is 7.71. The molecule has 0 atom stereocenters. The number of nitrogens with zero attached hydrogens (tertiary/aromatic N) is 3. The lowest BCUT2D eigenvalue weighted by Crippen LogP contribution is -2.00. The number of hydrogen-bond acceptors (Lipinski definition) is 4. The first-order valence-corrected chi connectivity index (χ1v) is 6.07. The molecule has 92 valence electrons. The Balaban J connectivity index is 2.11. The van der Waals surface area contributed by atoms with E-state index in [4.69, 9.17) is 28.2 Å². The minimum Gasteiger partial charge on any atom is -0.444 e. The Morgan fingerprint density at radius 3 is 3.00 bits per heavy atom. The minimum absolute atomic E-state index is 0.446. The number of pyridine rings is 1. The molecule has 0 saturated heterocycles. The van der Waals surface area contributed by atoms with E-state index >= 15 is 0 Å². The van der Waals surface area contributed by atoms with E-state index in [9.17, 15) is 0 Å². The maximum absolute atomic E-state index is 5.89. The van der Waals surface area contributed by atoms with Gasteiger partial charge < -0.3 is 9.40 Å². The van der Waals surface area contributed by atoms with Crippen molar-refractivity contribution in [3.63, 3.8) is 0 Å². The molecular weight excluding hydrogens is 272 g/mol. The van der Waals surface area contributed by atoms with Gasteiger partial charge in [0.15, 0.2) is 10.4 Å². The van der Waals surface area contributed by atoms with E-state index in [1.165, 1.54) is 0 Å². The molecule has 0 aliphatic carbocycles. The standard InChI is InChI=1S/C11H9ClN4OS/c1-6-3-13-9(17-6)5-16-10-8(15-11(16)18)2-7(12)4-14-10/h2-4H,5H2,1H3,(H,15,18). The van der Waals surface area contributed by atoms with Crippen LogP contribution in [0.1, 0.15) is 11.7 Å². The highest BCUT2D eigenvalue weighted by atomic mass is 35.5. The predicted octanol–water partition coefficient (Wildman–Crippen LogP) is 3.09. The number of H-pyrrole nitrogens is 1. The van der Waals surface area contributed by atoms with Crippen LogP contribution in [0.2, 0.25) is 5.02 Å². The number of aromatic nitrogens is 4. The topological polar surface area (TPSA) is 59.6 Å². The Bertz CT molecular complexity index is 773. The molecular formula is C11H9ClN4OS. The van der Waals surface area contributed by atoms with Gasteiger partial charge in [-0.15, -0.1) is 0 Å². The summed E-state index contributed by atoms with van der Waals surface area (Å²) in [5.41, 5.74) is 1.54. The molecule has 3 aromatic rings. The lowest BCUT2D eigenvalue weighted by Gasteiger charge is -1.99. The van der Waals surface area contributed by atoms with Gasteiger partial charge in [0.1, 0.15) is 12.3 Å². The second-order valence-corrected chi connectivity index (χ2v) is 4.73. The lowest BCUT2D eigenvalue weighted by atomic mass is 10.4. The summed E-state index contributed by atoms with van der Waals surface area (Å²) in [6, 6.07) is 1.79. The molecule has 0 saturated carbocycles. The number of halogens is 1. The van der Waals surface area contributed by atoms with Crippen LogP contribution in [0.15, 0.2) is 22.9 Å². The number of imidazole rings is 1. The van der Waals surface area contributed by atoms with Gasteiger partial charge in [0.2, 0.25) is 5.89 Å². The molecule has 0 amide bonds. The van der Waals surface area contributed by atoms with Crippen molar-refractivity contribution < 1.29 is 4.42 Å². The maximum Gasteiger partial charge on any atom is 0.214 e. The van der Waals surface area contributed by atoms with E-state index in [2.05, 4.69) is 15.0 Å². The minimum atomic E-state index is 0.446. The average molecular weight is 281 g/mol. The number of aryl methyl sites for hydroxylation is 1. The summed E-state index contributed by atoms with van der Waals surface area (Å²) in [7, 11) is 0. The van der Waals surface area contributed by atoms with Gasteiger partial charge in [-0.05, 0) is 25.2 Å². The highest BCUT2D eigenvalue weighted by Gasteiger charge is 2.09. The van der Waals surface area contributed by atoms with Crippen LogP contribution in [-0.2, 0) is 6.54 Å². The first-order chi connectivity index (χ1) is 8.63. The number of hydrogen-bond donors (Lipinski definition) is 1. The molecule has 3 rings (SSSR count). The monoisotopic (exact) mass is 280 g/mol. The van der Waals surface area contributed by atoms with Crippen molar-refractivity contribution >= 4 is 35.0 Å². The summed E-state index contributed by atoms with van der Waals surface area (Å²) >= 11 is 11.1. The zero-order valence-corrected chi connectivity index (χ0v) is 11.0. The fourth-order valence-electron chi connectivity index (χ4n) is 1.77. The van der Waals surface area contributed by atoms with Crippen LogP contribution in [0, 0.1) is 11.7 Å². The van der Waals surface area contributed by atoms with Gasteiger partial charge in [-0.25, -0.2) is 9.97 Å². The second-order valence-electron chi connectivity index (χ2n) is 3.91. The lowest BCUT2D eigenvalue weighted by molar-refractivity contribution is 0.458. The molecule has 0 aromatic carbocycles.